The number of piperidine rings is 1. The largest absolute Gasteiger partial charge is 0.487 e. The zero-order valence-electron chi connectivity index (χ0n) is 17.5. The molecule has 9 heteroatoms. The molecule has 0 unspecified atom stereocenters. The minimum Gasteiger partial charge on any atom is -0.487 e. The van der Waals surface area contributed by atoms with Gasteiger partial charge in [0.25, 0.3) is 11.8 Å². The first-order chi connectivity index (χ1) is 14.7. The van der Waals surface area contributed by atoms with Crippen molar-refractivity contribution in [1.82, 2.24) is 9.97 Å². The maximum absolute atomic E-state index is 14.1. The summed E-state index contributed by atoms with van der Waals surface area (Å²) in [6.45, 7) is 3.96. The summed E-state index contributed by atoms with van der Waals surface area (Å²) >= 11 is 0. The number of amides is 1. The van der Waals surface area contributed by atoms with Gasteiger partial charge in [-0.2, -0.15) is 0 Å². The number of carbonyl (C=O) groups is 1. The highest BCUT2D eigenvalue weighted by Gasteiger charge is 2.38. The number of hydrogen-bond donors (Lipinski definition) is 2. The Kier molecular flexibility index (Phi) is 5.28. The number of carbonyl (C=O) groups excluding carboxylic acids is 1. The van der Waals surface area contributed by atoms with Gasteiger partial charge in [0.15, 0.2) is 5.82 Å². The van der Waals surface area contributed by atoms with Crippen molar-refractivity contribution in [2.45, 2.75) is 44.6 Å². The summed E-state index contributed by atoms with van der Waals surface area (Å²) in [4.78, 5) is 22.7. The molecule has 0 aliphatic carbocycles. The quantitative estimate of drug-likeness (QED) is 0.724. The molecule has 1 fully saturated rings. The lowest BCUT2D eigenvalue weighted by atomic mass is 10.00. The molecular weight excluding hydrogens is 404 g/mol. The number of nitrogens with one attached hydrogen (secondary N) is 1. The summed E-state index contributed by atoms with van der Waals surface area (Å²) in [5.74, 6) is -2.48. The van der Waals surface area contributed by atoms with E-state index in [2.05, 4.69) is 15.3 Å². The Bertz CT molecular complexity index is 1020. The molecule has 1 amide bonds. The van der Waals surface area contributed by atoms with Gasteiger partial charge in [-0.25, -0.2) is 18.7 Å². The topological polar surface area (TPSA) is 93.4 Å². The molecule has 0 atom stereocenters. The number of anilines is 2. The number of halogens is 2. The Balaban J connectivity index is 1.70. The van der Waals surface area contributed by atoms with Crippen LogP contribution in [0.2, 0.25) is 0 Å². The summed E-state index contributed by atoms with van der Waals surface area (Å²) in [6, 6.07) is 5.17. The van der Waals surface area contributed by atoms with E-state index in [1.807, 2.05) is 13.8 Å². The van der Waals surface area contributed by atoms with E-state index in [-0.39, 0.29) is 17.8 Å². The summed E-state index contributed by atoms with van der Waals surface area (Å²) in [5, 5.41) is 2.83. The third-order valence-corrected chi connectivity index (χ3v) is 5.38. The van der Waals surface area contributed by atoms with Crippen LogP contribution in [0.5, 0.6) is 5.75 Å². The van der Waals surface area contributed by atoms with E-state index in [0.29, 0.717) is 36.5 Å². The Labute approximate surface area is 179 Å². The summed E-state index contributed by atoms with van der Waals surface area (Å²) < 4.78 is 34.3. The third-order valence-electron chi connectivity index (χ3n) is 5.38. The van der Waals surface area contributed by atoms with E-state index in [1.165, 1.54) is 12.4 Å². The van der Waals surface area contributed by atoms with Crippen LogP contribution in [-0.4, -0.2) is 40.5 Å². The van der Waals surface area contributed by atoms with Crippen molar-refractivity contribution in [2.24, 2.45) is 5.73 Å². The van der Waals surface area contributed by atoms with Crippen LogP contribution in [0.4, 0.5) is 20.2 Å². The van der Waals surface area contributed by atoms with Gasteiger partial charge in [-0.05, 0) is 32.4 Å². The van der Waals surface area contributed by atoms with Crippen LogP contribution in [0.1, 0.15) is 38.1 Å². The van der Waals surface area contributed by atoms with Gasteiger partial charge in [0, 0.05) is 49.6 Å². The molecule has 0 spiro atoms. The minimum absolute atomic E-state index is 0.0904. The lowest BCUT2D eigenvalue weighted by molar-refractivity contribution is -0.111. The van der Waals surface area contributed by atoms with E-state index >= 15 is 0 Å². The Morgan fingerprint density at radius 1 is 1.29 bits per heavy atom. The van der Waals surface area contributed by atoms with Crippen molar-refractivity contribution >= 4 is 22.9 Å². The van der Waals surface area contributed by atoms with E-state index in [9.17, 15) is 13.6 Å². The van der Waals surface area contributed by atoms with Crippen LogP contribution in [0.3, 0.4) is 0 Å². The van der Waals surface area contributed by atoms with Gasteiger partial charge in [-0.1, -0.05) is 0 Å². The van der Waals surface area contributed by atoms with Crippen LogP contribution in [-0.2, 0) is 11.2 Å². The number of alkyl halides is 2. The number of fused-ring (bicyclic) bond motifs is 1. The molecular formula is C22H25F2N5O2. The van der Waals surface area contributed by atoms with Crippen LogP contribution < -0.4 is 20.7 Å². The van der Waals surface area contributed by atoms with Gasteiger partial charge < -0.3 is 20.7 Å². The first-order valence-electron chi connectivity index (χ1n) is 10.2. The van der Waals surface area contributed by atoms with E-state index in [0.717, 1.165) is 11.8 Å². The molecule has 1 aromatic heterocycles. The molecule has 2 aliphatic heterocycles. The smallest absolute Gasteiger partial charge is 0.265 e. The van der Waals surface area contributed by atoms with Gasteiger partial charge in [0.05, 0.1) is 23.5 Å². The lowest BCUT2D eigenvalue weighted by Gasteiger charge is -2.35. The highest BCUT2D eigenvalue weighted by molar-refractivity contribution is 6.24. The average Bonchev–Trinajstić information content (AvgIpc) is 3.00. The number of hydrogen-bond acceptors (Lipinski definition) is 6. The first kappa shape index (κ1) is 21.0. The number of benzene rings is 1. The molecule has 1 saturated heterocycles. The zero-order chi connectivity index (χ0) is 22.2. The van der Waals surface area contributed by atoms with Crippen LogP contribution in [0.25, 0.3) is 5.57 Å². The van der Waals surface area contributed by atoms with Crippen molar-refractivity contribution in [3.63, 3.8) is 0 Å². The number of nitrogens with zero attached hydrogens (tertiary/aromatic N) is 3. The third kappa shape index (κ3) is 4.45. The Morgan fingerprint density at radius 2 is 2.03 bits per heavy atom. The molecule has 3 N–H and O–H groups in total. The summed E-state index contributed by atoms with van der Waals surface area (Å²) in [5.41, 5.74) is 7.18. The van der Waals surface area contributed by atoms with Crippen molar-refractivity contribution in [1.29, 1.82) is 0 Å². The van der Waals surface area contributed by atoms with Gasteiger partial charge in [0.2, 0.25) is 0 Å². The summed E-state index contributed by atoms with van der Waals surface area (Å²) in [6.07, 6.45) is 5.01. The van der Waals surface area contributed by atoms with Crippen LogP contribution in [0.15, 0.2) is 36.8 Å². The van der Waals surface area contributed by atoms with Crippen molar-refractivity contribution in [2.75, 3.05) is 23.3 Å². The Morgan fingerprint density at radius 3 is 2.71 bits per heavy atom. The monoisotopic (exact) mass is 429 g/mol. The molecule has 31 heavy (non-hydrogen) atoms. The molecule has 0 radical (unpaired) electrons. The predicted molar refractivity (Wildman–Crippen MR) is 114 cm³/mol. The summed E-state index contributed by atoms with van der Waals surface area (Å²) in [7, 11) is 0. The van der Waals surface area contributed by atoms with Crippen LogP contribution in [0, 0.1) is 0 Å². The fraction of sp³-hybridized carbons (Fsp3) is 0.409. The fourth-order valence-electron chi connectivity index (χ4n) is 4.05. The molecule has 1 aromatic carbocycles. The molecule has 2 aromatic rings. The molecule has 4 rings (SSSR count). The molecule has 2 aliphatic rings. The molecule has 0 saturated carbocycles. The molecule has 3 heterocycles. The van der Waals surface area contributed by atoms with E-state index in [4.69, 9.17) is 10.5 Å². The minimum atomic E-state index is -2.79. The highest BCUT2D eigenvalue weighted by Crippen LogP contribution is 2.43. The van der Waals surface area contributed by atoms with Crippen molar-refractivity contribution in [3.05, 3.63) is 48.2 Å². The van der Waals surface area contributed by atoms with Crippen molar-refractivity contribution < 1.29 is 18.3 Å². The predicted octanol–water partition coefficient (Wildman–Crippen LogP) is 3.36. The second-order valence-electron chi connectivity index (χ2n) is 8.50. The molecule has 7 nitrogen and oxygen atoms in total. The lowest BCUT2D eigenvalue weighted by Crippen LogP contribution is -2.43. The molecule has 0 bridgehead atoms. The zero-order valence-corrected chi connectivity index (χ0v) is 17.5. The van der Waals surface area contributed by atoms with Gasteiger partial charge in [-0.15, -0.1) is 0 Å². The van der Waals surface area contributed by atoms with E-state index in [1.54, 1.807) is 23.1 Å². The average molecular weight is 429 g/mol. The maximum atomic E-state index is 14.1. The highest BCUT2D eigenvalue weighted by atomic mass is 19.3. The standard InChI is InChI=1S/C22H25F2N5O2/c1-21(2)11-14-9-16(28-20(30)15(12-25)19-26-6-4-7-27-19)17(10-18(14)31-21)29-8-3-5-22(23,24)13-29/h4,6-7,9-10,12H,3,5,8,11,13,25H2,1-2H3,(H,28,30). The maximum Gasteiger partial charge on any atom is 0.265 e. The number of ether oxygens (including phenoxy) is 1. The van der Waals surface area contributed by atoms with Crippen LogP contribution >= 0.6 is 0 Å². The van der Waals surface area contributed by atoms with Gasteiger partial charge in [-0.3, -0.25) is 4.79 Å². The fourth-order valence-corrected chi connectivity index (χ4v) is 4.05. The second kappa shape index (κ2) is 7.79. The number of rotatable bonds is 4. The number of aromatic nitrogens is 2. The van der Waals surface area contributed by atoms with Gasteiger partial charge in [0.1, 0.15) is 11.4 Å². The normalized spacial score (nSPS) is 19.5. The van der Waals surface area contributed by atoms with E-state index < -0.39 is 24.0 Å². The number of nitrogens with two attached hydrogens (primary N) is 1. The van der Waals surface area contributed by atoms with Gasteiger partial charge >= 0.3 is 0 Å². The second-order valence-corrected chi connectivity index (χ2v) is 8.50. The SMILES string of the molecule is CC1(C)Cc2cc(NC(=O)C(=CN)c3ncccn3)c(N3CCCC(F)(F)C3)cc2O1. The molecule has 164 valence electrons. The first-order valence-corrected chi connectivity index (χ1v) is 10.2. The Hall–Kier alpha value is -3.23. The van der Waals surface area contributed by atoms with Crippen molar-refractivity contribution in [3.8, 4) is 5.75 Å².